The molecule has 0 saturated carbocycles. The smallest absolute Gasteiger partial charge is 0.204 e. The molecular weight excluding hydrogens is 202 g/mol. The van der Waals surface area contributed by atoms with E-state index in [1.165, 1.54) is 6.07 Å². The number of hydrogen-bond acceptors (Lipinski definition) is 1. The summed E-state index contributed by atoms with van der Waals surface area (Å²) in [7, 11) is 0. The average Bonchev–Trinajstić information content (AvgIpc) is 2.34. The Kier molecular flexibility index (Phi) is 3.07. The van der Waals surface area contributed by atoms with Crippen LogP contribution in [0.2, 0.25) is 5.02 Å². The second kappa shape index (κ2) is 3.88. The molecule has 0 saturated heterocycles. The second-order valence-electron chi connectivity index (χ2n) is 2.10. The lowest BCUT2D eigenvalue weighted by Gasteiger charge is -1.89. The molecule has 0 fully saturated rings. The van der Waals surface area contributed by atoms with E-state index in [0.717, 1.165) is 11.3 Å². The molecule has 0 unspecified atom stereocenters. The van der Waals surface area contributed by atoms with Crippen LogP contribution >= 0.6 is 22.9 Å². The molecule has 0 aliphatic rings. The molecule has 12 heavy (non-hydrogen) atoms. The van der Waals surface area contributed by atoms with Crippen LogP contribution in [-0.4, -0.2) is 0 Å². The Balaban J connectivity index is 2.94. The Hall–Kier alpha value is -0.590. The highest BCUT2D eigenvalue weighted by atomic mass is 35.5. The van der Waals surface area contributed by atoms with Gasteiger partial charge in [0.1, 0.15) is 0 Å². The molecule has 1 rings (SSSR count). The summed E-state index contributed by atoms with van der Waals surface area (Å²) in [6, 6.07) is 1.27. The fraction of sp³-hybridized carbons (Fsp3) is 0.250. The maximum Gasteiger partial charge on any atom is 0.272 e. The molecule has 0 aromatic carbocycles. The van der Waals surface area contributed by atoms with Gasteiger partial charge in [-0.25, -0.2) is 8.78 Å². The second-order valence-corrected chi connectivity index (χ2v) is 3.68. The van der Waals surface area contributed by atoms with E-state index in [0.29, 0.717) is 16.3 Å². The first-order valence-corrected chi connectivity index (χ1v) is 4.34. The van der Waals surface area contributed by atoms with E-state index in [1.54, 1.807) is 0 Å². The van der Waals surface area contributed by atoms with Crippen molar-refractivity contribution in [3.05, 3.63) is 20.8 Å². The number of hydrogen-bond donors (Lipinski definition) is 0. The van der Waals surface area contributed by atoms with Crippen molar-refractivity contribution >= 4 is 22.9 Å². The monoisotopic (exact) mass is 206 g/mol. The molecule has 0 amide bonds. The normalized spacial score (nSPS) is 10.2. The van der Waals surface area contributed by atoms with Crippen molar-refractivity contribution in [3.63, 3.8) is 0 Å². The van der Waals surface area contributed by atoms with Crippen LogP contribution in [0.15, 0.2) is 6.07 Å². The summed E-state index contributed by atoms with van der Waals surface area (Å²) in [5, 5.41) is 0.341. The lowest BCUT2D eigenvalue weighted by Crippen LogP contribution is -1.73. The number of alkyl halides is 2. The fourth-order valence-corrected chi connectivity index (χ4v) is 1.97. The van der Waals surface area contributed by atoms with Crippen molar-refractivity contribution in [2.75, 3.05) is 0 Å². The first-order chi connectivity index (χ1) is 5.65. The Morgan fingerprint density at radius 3 is 2.75 bits per heavy atom. The van der Waals surface area contributed by atoms with Gasteiger partial charge < -0.3 is 0 Å². The van der Waals surface area contributed by atoms with E-state index >= 15 is 0 Å². The Labute approximate surface area is 78.2 Å². The molecule has 0 aliphatic carbocycles. The molecule has 0 nitrogen and oxygen atoms in total. The number of rotatable bonds is 2. The van der Waals surface area contributed by atoms with Gasteiger partial charge >= 0.3 is 0 Å². The highest BCUT2D eigenvalue weighted by Crippen LogP contribution is 2.33. The largest absolute Gasteiger partial charge is 0.272 e. The lowest BCUT2D eigenvalue weighted by molar-refractivity contribution is 0.155. The van der Waals surface area contributed by atoms with Crippen LogP contribution < -0.4 is 0 Å². The number of terminal acetylenes is 1. The number of thiophene rings is 1. The summed E-state index contributed by atoms with van der Waals surface area (Å²) in [5.41, 5.74) is 0. The van der Waals surface area contributed by atoms with Crippen LogP contribution in [0.25, 0.3) is 0 Å². The van der Waals surface area contributed by atoms with Gasteiger partial charge in [0.05, 0.1) is 9.90 Å². The minimum atomic E-state index is -2.46. The zero-order valence-electron chi connectivity index (χ0n) is 5.98. The summed E-state index contributed by atoms with van der Waals surface area (Å²) in [6.45, 7) is 0. The minimum absolute atomic E-state index is 0.0229. The first kappa shape index (κ1) is 9.50. The zero-order chi connectivity index (χ0) is 9.14. The highest BCUT2D eigenvalue weighted by molar-refractivity contribution is 7.12. The van der Waals surface area contributed by atoms with E-state index in [-0.39, 0.29) is 4.88 Å². The van der Waals surface area contributed by atoms with Gasteiger partial charge in [-0.15, -0.1) is 23.7 Å². The maximum absolute atomic E-state index is 12.1. The fourth-order valence-electron chi connectivity index (χ4n) is 0.747. The first-order valence-electron chi connectivity index (χ1n) is 3.15. The van der Waals surface area contributed by atoms with Crippen molar-refractivity contribution in [2.45, 2.75) is 12.8 Å². The van der Waals surface area contributed by atoms with E-state index in [2.05, 4.69) is 5.92 Å². The average molecular weight is 207 g/mol. The van der Waals surface area contributed by atoms with Crippen LogP contribution in [0, 0.1) is 12.3 Å². The van der Waals surface area contributed by atoms with Gasteiger partial charge in [-0.05, 0) is 6.07 Å². The molecule has 0 spiro atoms. The molecule has 0 bridgehead atoms. The van der Waals surface area contributed by atoms with Gasteiger partial charge in [0, 0.05) is 11.3 Å². The number of halogens is 3. The third-order valence-electron chi connectivity index (χ3n) is 1.25. The summed E-state index contributed by atoms with van der Waals surface area (Å²) < 4.78 is 24.2. The highest BCUT2D eigenvalue weighted by Gasteiger charge is 2.13. The molecule has 0 atom stereocenters. The molecule has 1 aromatic rings. The molecule has 0 radical (unpaired) electrons. The van der Waals surface area contributed by atoms with Gasteiger partial charge in [-0.3, -0.25) is 0 Å². The van der Waals surface area contributed by atoms with Gasteiger partial charge in [-0.1, -0.05) is 11.6 Å². The Morgan fingerprint density at radius 2 is 2.33 bits per heavy atom. The van der Waals surface area contributed by atoms with E-state index in [1.807, 2.05) is 0 Å². The molecule has 64 valence electrons. The van der Waals surface area contributed by atoms with Crippen molar-refractivity contribution in [1.29, 1.82) is 0 Å². The summed E-state index contributed by atoms with van der Waals surface area (Å²) >= 11 is 6.62. The molecule has 4 heteroatoms. The Bertz CT molecular complexity index is 311. The van der Waals surface area contributed by atoms with E-state index in [4.69, 9.17) is 18.0 Å². The van der Waals surface area contributed by atoms with Crippen molar-refractivity contribution < 1.29 is 8.78 Å². The van der Waals surface area contributed by atoms with Gasteiger partial charge in [0.2, 0.25) is 0 Å². The van der Waals surface area contributed by atoms with Gasteiger partial charge in [0.15, 0.2) is 0 Å². The van der Waals surface area contributed by atoms with Crippen LogP contribution in [-0.2, 0) is 6.42 Å². The summed E-state index contributed by atoms with van der Waals surface area (Å²) in [5.74, 6) is 2.36. The molecular formula is C8H5ClF2S. The van der Waals surface area contributed by atoms with Crippen molar-refractivity contribution in [2.24, 2.45) is 0 Å². The maximum atomic E-state index is 12.1. The van der Waals surface area contributed by atoms with E-state index < -0.39 is 6.43 Å². The predicted molar refractivity (Wildman–Crippen MR) is 46.8 cm³/mol. The summed E-state index contributed by atoms with van der Waals surface area (Å²) in [6.07, 6.45) is 2.88. The van der Waals surface area contributed by atoms with Crippen molar-refractivity contribution in [1.82, 2.24) is 0 Å². The predicted octanol–water partition coefficient (Wildman–Crippen LogP) is 3.51. The van der Waals surface area contributed by atoms with Crippen LogP contribution in [0.5, 0.6) is 0 Å². The van der Waals surface area contributed by atoms with E-state index in [9.17, 15) is 8.78 Å². The van der Waals surface area contributed by atoms with Crippen LogP contribution in [0.3, 0.4) is 0 Å². The summed E-state index contributed by atoms with van der Waals surface area (Å²) in [4.78, 5) is 0.611. The SMILES string of the molecule is C#CCc1sc(C(F)F)cc1Cl. The third kappa shape index (κ3) is 1.96. The lowest BCUT2D eigenvalue weighted by atomic mass is 10.3. The Morgan fingerprint density at radius 1 is 1.67 bits per heavy atom. The van der Waals surface area contributed by atoms with Gasteiger partial charge in [-0.2, -0.15) is 0 Å². The molecule has 0 N–H and O–H groups in total. The third-order valence-corrected chi connectivity index (χ3v) is 2.85. The quantitative estimate of drug-likeness (QED) is 0.650. The van der Waals surface area contributed by atoms with Crippen molar-refractivity contribution in [3.8, 4) is 12.3 Å². The van der Waals surface area contributed by atoms with Gasteiger partial charge in [0.25, 0.3) is 6.43 Å². The molecule has 1 aromatic heterocycles. The minimum Gasteiger partial charge on any atom is -0.204 e. The standard InChI is InChI=1S/C8H5ClF2S/c1-2-3-6-5(9)4-7(12-6)8(10)11/h1,4,8H,3H2. The van der Waals surface area contributed by atoms with Crippen LogP contribution in [0.4, 0.5) is 8.78 Å². The van der Waals surface area contributed by atoms with Crippen LogP contribution in [0.1, 0.15) is 16.2 Å². The topological polar surface area (TPSA) is 0 Å². The molecule has 1 heterocycles. The molecule has 0 aliphatic heterocycles. The zero-order valence-corrected chi connectivity index (χ0v) is 7.55.